The number of nitrogens with two attached hydrogens (primary N) is 1. The third kappa shape index (κ3) is 8.12. The second-order valence-corrected chi connectivity index (χ2v) is 4.38. The second kappa shape index (κ2) is 8.38. The molecule has 0 radical (unpaired) electrons. The van der Waals surface area contributed by atoms with Crippen LogP contribution in [-0.2, 0) is 4.79 Å². The Kier molecular flexibility index (Phi) is 8.24. The Labute approximate surface area is 84.1 Å². The summed E-state index contributed by atoms with van der Waals surface area (Å²) in [5.74, 6) is 1.45. The Morgan fingerprint density at radius 3 is 2.69 bits per heavy atom. The van der Waals surface area contributed by atoms with Crippen LogP contribution in [0.25, 0.3) is 0 Å². The lowest BCUT2D eigenvalue weighted by Crippen LogP contribution is -2.29. The van der Waals surface area contributed by atoms with Gasteiger partial charge in [-0.25, -0.2) is 0 Å². The number of thioether (sulfide) groups is 1. The molecule has 0 aliphatic carbocycles. The van der Waals surface area contributed by atoms with Gasteiger partial charge in [0, 0.05) is 0 Å². The van der Waals surface area contributed by atoms with Crippen LogP contribution in [0, 0.1) is 0 Å². The van der Waals surface area contributed by atoms with Gasteiger partial charge in [-0.1, -0.05) is 19.8 Å². The van der Waals surface area contributed by atoms with Crippen LogP contribution in [0.1, 0.15) is 32.6 Å². The first-order valence-corrected chi connectivity index (χ1v) is 5.90. The van der Waals surface area contributed by atoms with E-state index >= 15 is 0 Å². The summed E-state index contributed by atoms with van der Waals surface area (Å²) in [4.78, 5) is 10.3. The van der Waals surface area contributed by atoms with Crippen LogP contribution in [0.15, 0.2) is 0 Å². The normalized spacial score (nSPS) is 12.8. The third-order valence-electron chi connectivity index (χ3n) is 1.83. The standard InChI is InChI=1S/C9H19NO2S/c1-2-13-7-5-3-4-6-8(10)9(11)12/h8H,2-7,10H2,1H3,(H,11,12). The number of carboxylic acid groups (broad SMARTS) is 1. The predicted octanol–water partition coefficient (Wildman–Crippen LogP) is 1.71. The van der Waals surface area contributed by atoms with Crippen LogP contribution in [0.3, 0.4) is 0 Å². The van der Waals surface area contributed by atoms with Gasteiger partial charge in [0.2, 0.25) is 0 Å². The number of aliphatic carboxylic acids is 1. The highest BCUT2D eigenvalue weighted by Gasteiger charge is 2.09. The monoisotopic (exact) mass is 205 g/mol. The van der Waals surface area contributed by atoms with E-state index in [0.717, 1.165) is 18.6 Å². The van der Waals surface area contributed by atoms with Gasteiger partial charge in [-0.2, -0.15) is 11.8 Å². The maximum Gasteiger partial charge on any atom is 0.320 e. The molecule has 0 saturated heterocycles. The largest absolute Gasteiger partial charge is 0.480 e. The molecule has 3 N–H and O–H groups in total. The van der Waals surface area contributed by atoms with Crippen molar-refractivity contribution in [2.75, 3.05) is 11.5 Å². The van der Waals surface area contributed by atoms with Gasteiger partial charge < -0.3 is 10.8 Å². The van der Waals surface area contributed by atoms with Gasteiger partial charge in [-0.15, -0.1) is 0 Å². The summed E-state index contributed by atoms with van der Waals surface area (Å²) in [7, 11) is 0. The lowest BCUT2D eigenvalue weighted by molar-refractivity contribution is -0.138. The maximum atomic E-state index is 10.3. The first-order chi connectivity index (χ1) is 6.18. The van der Waals surface area contributed by atoms with Gasteiger partial charge in [0.25, 0.3) is 0 Å². The highest BCUT2D eigenvalue weighted by molar-refractivity contribution is 7.99. The molecule has 0 aromatic carbocycles. The smallest absolute Gasteiger partial charge is 0.320 e. The Bertz CT molecular complexity index is 142. The molecule has 13 heavy (non-hydrogen) atoms. The molecule has 1 unspecified atom stereocenters. The number of hydrogen-bond acceptors (Lipinski definition) is 3. The molecule has 0 spiro atoms. The molecule has 0 heterocycles. The van der Waals surface area contributed by atoms with E-state index in [9.17, 15) is 4.79 Å². The fourth-order valence-electron chi connectivity index (χ4n) is 1.01. The molecule has 3 nitrogen and oxygen atoms in total. The Morgan fingerprint density at radius 1 is 1.46 bits per heavy atom. The number of rotatable bonds is 8. The molecule has 0 aromatic rings. The lowest BCUT2D eigenvalue weighted by atomic mass is 10.1. The molecule has 0 aromatic heterocycles. The van der Waals surface area contributed by atoms with Gasteiger partial charge in [0.15, 0.2) is 0 Å². The summed E-state index contributed by atoms with van der Waals surface area (Å²) in [5.41, 5.74) is 5.35. The summed E-state index contributed by atoms with van der Waals surface area (Å²) >= 11 is 1.93. The first kappa shape index (κ1) is 12.8. The Hall–Kier alpha value is -0.220. The Balaban J connectivity index is 3.11. The molecule has 0 amide bonds. The number of unbranched alkanes of at least 4 members (excludes halogenated alkanes) is 2. The molecule has 0 fully saturated rings. The van der Waals surface area contributed by atoms with Crippen molar-refractivity contribution < 1.29 is 9.90 Å². The third-order valence-corrected chi connectivity index (χ3v) is 2.81. The minimum absolute atomic E-state index is 0.603. The summed E-state index contributed by atoms with van der Waals surface area (Å²) in [6.45, 7) is 2.14. The maximum absolute atomic E-state index is 10.3. The number of hydrogen-bond donors (Lipinski definition) is 2. The van der Waals surface area contributed by atoms with Gasteiger partial charge in [-0.3, -0.25) is 4.79 Å². The lowest BCUT2D eigenvalue weighted by Gasteiger charge is -2.05. The topological polar surface area (TPSA) is 63.3 Å². The highest BCUT2D eigenvalue weighted by atomic mass is 32.2. The molecule has 0 aliphatic heterocycles. The molecule has 0 bridgehead atoms. The molecule has 78 valence electrons. The highest BCUT2D eigenvalue weighted by Crippen LogP contribution is 2.07. The van der Waals surface area contributed by atoms with Crippen molar-refractivity contribution in [3.05, 3.63) is 0 Å². The van der Waals surface area contributed by atoms with Crippen molar-refractivity contribution in [3.8, 4) is 0 Å². The van der Waals surface area contributed by atoms with Crippen molar-refractivity contribution >= 4 is 17.7 Å². The van der Waals surface area contributed by atoms with E-state index in [1.807, 2.05) is 11.8 Å². The summed E-state index contributed by atoms with van der Waals surface area (Å²) < 4.78 is 0. The molecule has 0 rings (SSSR count). The van der Waals surface area contributed by atoms with E-state index in [4.69, 9.17) is 10.8 Å². The van der Waals surface area contributed by atoms with E-state index in [1.54, 1.807) is 0 Å². The van der Waals surface area contributed by atoms with Gasteiger partial charge >= 0.3 is 5.97 Å². The average Bonchev–Trinajstić information content (AvgIpc) is 2.10. The summed E-state index contributed by atoms with van der Waals surface area (Å²) in [5, 5.41) is 8.49. The molecule has 0 aliphatic rings. The zero-order chi connectivity index (χ0) is 10.1. The second-order valence-electron chi connectivity index (χ2n) is 2.99. The van der Waals surface area contributed by atoms with Crippen LogP contribution >= 0.6 is 11.8 Å². The summed E-state index contributed by atoms with van der Waals surface area (Å²) in [6, 6.07) is -0.668. The Morgan fingerprint density at radius 2 is 2.15 bits per heavy atom. The van der Waals surface area contributed by atoms with E-state index in [-0.39, 0.29) is 0 Å². The molecule has 0 saturated carbocycles. The zero-order valence-corrected chi connectivity index (χ0v) is 8.98. The minimum atomic E-state index is -0.886. The number of carboxylic acids is 1. The van der Waals surface area contributed by atoms with Crippen molar-refractivity contribution in [1.82, 2.24) is 0 Å². The van der Waals surface area contributed by atoms with Crippen molar-refractivity contribution in [3.63, 3.8) is 0 Å². The van der Waals surface area contributed by atoms with Crippen molar-refractivity contribution in [1.29, 1.82) is 0 Å². The van der Waals surface area contributed by atoms with Crippen LogP contribution in [0.4, 0.5) is 0 Å². The van der Waals surface area contributed by atoms with E-state index in [1.165, 1.54) is 12.2 Å². The van der Waals surface area contributed by atoms with E-state index in [2.05, 4.69) is 6.92 Å². The molecular weight excluding hydrogens is 186 g/mol. The van der Waals surface area contributed by atoms with Crippen LogP contribution in [-0.4, -0.2) is 28.6 Å². The van der Waals surface area contributed by atoms with Crippen LogP contribution in [0.5, 0.6) is 0 Å². The zero-order valence-electron chi connectivity index (χ0n) is 8.16. The molecular formula is C9H19NO2S. The quantitative estimate of drug-likeness (QED) is 0.592. The number of carbonyl (C=O) groups is 1. The van der Waals surface area contributed by atoms with Gasteiger partial charge in [0.1, 0.15) is 6.04 Å². The molecule has 4 heteroatoms. The van der Waals surface area contributed by atoms with Crippen molar-refractivity contribution in [2.45, 2.75) is 38.6 Å². The van der Waals surface area contributed by atoms with Crippen molar-refractivity contribution in [2.24, 2.45) is 5.73 Å². The fraction of sp³-hybridized carbons (Fsp3) is 0.889. The summed E-state index contributed by atoms with van der Waals surface area (Å²) in [6.07, 6.45) is 3.79. The average molecular weight is 205 g/mol. The van der Waals surface area contributed by atoms with E-state index < -0.39 is 12.0 Å². The predicted molar refractivity (Wildman–Crippen MR) is 57.1 cm³/mol. The SMILES string of the molecule is CCSCCCCCC(N)C(=O)O. The van der Waals surface area contributed by atoms with Crippen LogP contribution in [0.2, 0.25) is 0 Å². The first-order valence-electron chi connectivity index (χ1n) is 4.74. The van der Waals surface area contributed by atoms with Gasteiger partial charge in [0.05, 0.1) is 0 Å². The fourth-order valence-corrected chi connectivity index (χ4v) is 1.71. The van der Waals surface area contributed by atoms with E-state index in [0.29, 0.717) is 6.42 Å². The van der Waals surface area contributed by atoms with Crippen LogP contribution < -0.4 is 5.73 Å². The van der Waals surface area contributed by atoms with Gasteiger partial charge in [-0.05, 0) is 24.3 Å². The minimum Gasteiger partial charge on any atom is -0.480 e. The molecule has 1 atom stereocenters.